The molecule has 1 aromatic carbocycles. The van der Waals surface area contributed by atoms with Gasteiger partial charge in [0.25, 0.3) is 0 Å². The molecule has 1 N–H and O–H groups in total. The topological polar surface area (TPSA) is 32.3 Å². The second-order valence-corrected chi connectivity index (χ2v) is 4.84. The molecule has 1 rings (SSSR count). The number of rotatable bonds is 7. The van der Waals surface area contributed by atoms with Crippen LogP contribution in [0.4, 0.5) is 0 Å². The molecule has 0 saturated heterocycles. The molecule has 0 aliphatic heterocycles. The van der Waals surface area contributed by atoms with Crippen LogP contribution in [0.3, 0.4) is 0 Å². The zero-order valence-corrected chi connectivity index (χ0v) is 11.8. The molecule has 0 aliphatic carbocycles. The molecule has 0 unspecified atom stereocenters. The molecule has 100 valence electrons. The molecule has 0 aliphatic rings. The van der Waals surface area contributed by atoms with Gasteiger partial charge in [0.05, 0.1) is 0 Å². The Morgan fingerprint density at radius 2 is 2.00 bits per heavy atom. The largest absolute Gasteiger partial charge is 0.344 e. The highest BCUT2D eigenvalue weighted by Gasteiger charge is 2.07. The molecule has 3 nitrogen and oxygen atoms in total. The summed E-state index contributed by atoms with van der Waals surface area (Å²) in [5.74, 6) is 0.208. The predicted octanol–water partition coefficient (Wildman–Crippen LogP) is 2.34. The van der Waals surface area contributed by atoms with Crippen LogP contribution in [0.15, 0.2) is 24.3 Å². The highest BCUT2D eigenvalue weighted by atomic mass is 35.5. The van der Waals surface area contributed by atoms with E-state index in [0.29, 0.717) is 6.42 Å². The first kappa shape index (κ1) is 15.0. The van der Waals surface area contributed by atoms with Gasteiger partial charge < -0.3 is 10.2 Å². The van der Waals surface area contributed by atoms with Crippen molar-refractivity contribution in [1.82, 2.24) is 10.2 Å². The van der Waals surface area contributed by atoms with Gasteiger partial charge in [0.2, 0.25) is 5.91 Å². The monoisotopic (exact) mass is 268 g/mol. The summed E-state index contributed by atoms with van der Waals surface area (Å²) >= 11 is 5.82. The Kier molecular flexibility index (Phi) is 6.76. The summed E-state index contributed by atoms with van der Waals surface area (Å²) in [5, 5.41) is 3.79. The highest BCUT2D eigenvalue weighted by Crippen LogP contribution is 2.11. The van der Waals surface area contributed by atoms with Gasteiger partial charge in [0.1, 0.15) is 0 Å². The van der Waals surface area contributed by atoms with Gasteiger partial charge in [-0.15, -0.1) is 0 Å². The van der Waals surface area contributed by atoms with Crippen molar-refractivity contribution in [2.45, 2.75) is 19.3 Å². The van der Waals surface area contributed by atoms with E-state index in [0.717, 1.165) is 31.0 Å². The van der Waals surface area contributed by atoms with Crippen molar-refractivity contribution in [3.8, 4) is 0 Å². The van der Waals surface area contributed by atoms with Gasteiger partial charge in [-0.25, -0.2) is 0 Å². The molecular formula is C14H21ClN2O. The quantitative estimate of drug-likeness (QED) is 0.823. The molecule has 0 spiro atoms. The number of nitrogens with one attached hydrogen (secondary N) is 1. The number of halogens is 1. The van der Waals surface area contributed by atoms with E-state index in [9.17, 15) is 4.79 Å². The minimum atomic E-state index is 0.208. The van der Waals surface area contributed by atoms with Crippen molar-refractivity contribution in [2.24, 2.45) is 0 Å². The molecule has 4 heteroatoms. The molecule has 0 aromatic heterocycles. The number of likely N-dealkylation sites (N-methyl/N-ethyl adjacent to an activating group) is 2. The second-order valence-electron chi connectivity index (χ2n) is 4.40. The van der Waals surface area contributed by atoms with Gasteiger partial charge in [-0.2, -0.15) is 0 Å². The lowest BCUT2D eigenvalue weighted by atomic mass is 10.1. The Morgan fingerprint density at radius 3 is 2.61 bits per heavy atom. The Morgan fingerprint density at radius 1 is 1.33 bits per heavy atom. The minimum absolute atomic E-state index is 0.208. The number of amides is 1. The fourth-order valence-electron chi connectivity index (χ4n) is 1.69. The zero-order chi connectivity index (χ0) is 13.4. The zero-order valence-electron chi connectivity index (χ0n) is 11.1. The number of aryl methyl sites for hydroxylation is 1. The van der Waals surface area contributed by atoms with Crippen LogP contribution >= 0.6 is 11.6 Å². The summed E-state index contributed by atoms with van der Waals surface area (Å²) in [7, 11) is 3.74. The van der Waals surface area contributed by atoms with Crippen LogP contribution < -0.4 is 5.32 Å². The third-order valence-electron chi connectivity index (χ3n) is 2.89. The molecule has 1 amide bonds. The van der Waals surface area contributed by atoms with E-state index in [1.165, 1.54) is 5.56 Å². The van der Waals surface area contributed by atoms with Crippen LogP contribution in [0.2, 0.25) is 5.02 Å². The van der Waals surface area contributed by atoms with Crippen molar-refractivity contribution in [2.75, 3.05) is 27.2 Å². The summed E-state index contributed by atoms with van der Waals surface area (Å²) in [5.41, 5.74) is 1.23. The first-order valence-electron chi connectivity index (χ1n) is 6.26. The normalized spacial score (nSPS) is 10.4. The summed E-state index contributed by atoms with van der Waals surface area (Å²) in [6.45, 7) is 1.59. The summed E-state index contributed by atoms with van der Waals surface area (Å²) in [6.07, 6.45) is 2.40. The SMILES string of the molecule is CNCCN(C)C(=O)CCCc1ccc(Cl)cc1. The molecule has 0 fully saturated rings. The average molecular weight is 269 g/mol. The van der Waals surface area contributed by atoms with E-state index in [1.54, 1.807) is 4.90 Å². The van der Waals surface area contributed by atoms with Crippen molar-refractivity contribution in [3.05, 3.63) is 34.9 Å². The van der Waals surface area contributed by atoms with Crippen molar-refractivity contribution in [1.29, 1.82) is 0 Å². The molecule has 18 heavy (non-hydrogen) atoms. The lowest BCUT2D eigenvalue weighted by molar-refractivity contribution is -0.129. The minimum Gasteiger partial charge on any atom is -0.344 e. The number of carbonyl (C=O) groups is 1. The third-order valence-corrected chi connectivity index (χ3v) is 3.14. The van der Waals surface area contributed by atoms with Gasteiger partial charge in [-0.05, 0) is 37.6 Å². The van der Waals surface area contributed by atoms with Crippen LogP contribution in [0, 0.1) is 0 Å². The molecular weight excluding hydrogens is 248 g/mol. The maximum Gasteiger partial charge on any atom is 0.222 e. The summed E-state index contributed by atoms with van der Waals surface area (Å²) < 4.78 is 0. The number of hydrogen-bond donors (Lipinski definition) is 1. The molecule has 0 radical (unpaired) electrons. The average Bonchev–Trinajstić information content (AvgIpc) is 2.38. The Balaban J connectivity index is 2.24. The lowest BCUT2D eigenvalue weighted by Gasteiger charge is -2.16. The lowest BCUT2D eigenvalue weighted by Crippen LogP contribution is -2.32. The van der Waals surface area contributed by atoms with Crippen LogP contribution in [0.25, 0.3) is 0 Å². The fraction of sp³-hybridized carbons (Fsp3) is 0.500. The first-order chi connectivity index (χ1) is 8.63. The smallest absolute Gasteiger partial charge is 0.222 e. The Labute approximate surface area is 114 Å². The van der Waals surface area contributed by atoms with E-state index >= 15 is 0 Å². The number of nitrogens with zero attached hydrogens (tertiary/aromatic N) is 1. The van der Waals surface area contributed by atoms with E-state index in [4.69, 9.17) is 11.6 Å². The molecule has 0 bridgehead atoms. The van der Waals surface area contributed by atoms with E-state index in [1.807, 2.05) is 38.4 Å². The van der Waals surface area contributed by atoms with Crippen LogP contribution in [0.1, 0.15) is 18.4 Å². The standard InChI is InChI=1S/C14H21ClN2O/c1-16-10-11-17(2)14(18)5-3-4-12-6-8-13(15)9-7-12/h6-9,16H,3-5,10-11H2,1-2H3. The van der Waals surface area contributed by atoms with Gasteiger partial charge >= 0.3 is 0 Å². The maximum absolute atomic E-state index is 11.8. The number of carbonyl (C=O) groups excluding carboxylic acids is 1. The van der Waals surface area contributed by atoms with Gasteiger partial charge in [0.15, 0.2) is 0 Å². The van der Waals surface area contributed by atoms with Gasteiger partial charge in [-0.3, -0.25) is 4.79 Å². The van der Waals surface area contributed by atoms with Crippen LogP contribution in [-0.2, 0) is 11.2 Å². The number of benzene rings is 1. The van der Waals surface area contributed by atoms with Gasteiger partial charge in [-0.1, -0.05) is 23.7 Å². The summed E-state index contributed by atoms with van der Waals surface area (Å²) in [6, 6.07) is 7.80. The molecule has 1 aromatic rings. The van der Waals surface area contributed by atoms with Crippen molar-refractivity contribution in [3.63, 3.8) is 0 Å². The third kappa shape index (κ3) is 5.52. The molecule has 0 saturated carbocycles. The highest BCUT2D eigenvalue weighted by molar-refractivity contribution is 6.30. The van der Waals surface area contributed by atoms with E-state index in [-0.39, 0.29) is 5.91 Å². The van der Waals surface area contributed by atoms with Crippen molar-refractivity contribution < 1.29 is 4.79 Å². The van der Waals surface area contributed by atoms with Gasteiger partial charge in [0, 0.05) is 31.6 Å². The van der Waals surface area contributed by atoms with Crippen molar-refractivity contribution >= 4 is 17.5 Å². The number of hydrogen-bond acceptors (Lipinski definition) is 2. The first-order valence-corrected chi connectivity index (χ1v) is 6.64. The van der Waals surface area contributed by atoms with Crippen LogP contribution in [0.5, 0.6) is 0 Å². The van der Waals surface area contributed by atoms with E-state index in [2.05, 4.69) is 5.32 Å². The summed E-state index contributed by atoms with van der Waals surface area (Å²) in [4.78, 5) is 13.5. The van der Waals surface area contributed by atoms with Crippen LogP contribution in [-0.4, -0.2) is 38.0 Å². The predicted molar refractivity (Wildman–Crippen MR) is 76.0 cm³/mol. The second kappa shape index (κ2) is 8.11. The molecule has 0 atom stereocenters. The Bertz CT molecular complexity index is 365. The van der Waals surface area contributed by atoms with E-state index < -0.39 is 0 Å². The maximum atomic E-state index is 11.8. The fourth-order valence-corrected chi connectivity index (χ4v) is 1.82. The molecule has 0 heterocycles. The Hall–Kier alpha value is -1.06.